The minimum Gasteiger partial charge on any atom is -0.507 e. The van der Waals surface area contributed by atoms with Crippen molar-refractivity contribution in [1.29, 1.82) is 0 Å². The van der Waals surface area contributed by atoms with Crippen LogP contribution in [0.25, 0.3) is 0 Å². The number of carbonyl (C=O) groups is 4. The van der Waals surface area contributed by atoms with Crippen molar-refractivity contribution < 1.29 is 38.9 Å². The molecule has 0 aromatic heterocycles. The van der Waals surface area contributed by atoms with E-state index >= 15 is 0 Å². The van der Waals surface area contributed by atoms with E-state index in [1.54, 1.807) is 6.92 Å². The highest BCUT2D eigenvalue weighted by atomic mass is 16.6. The average molecular weight is 449 g/mol. The second-order valence-corrected chi connectivity index (χ2v) is 10.2. The third-order valence-electron chi connectivity index (χ3n) is 7.33. The lowest BCUT2D eigenvalue weighted by Gasteiger charge is -2.58. The summed E-state index contributed by atoms with van der Waals surface area (Å²) in [6.45, 7) is 9.58. The summed E-state index contributed by atoms with van der Waals surface area (Å²) in [5.74, 6) is -4.57. The Labute approximate surface area is 187 Å². The quantitative estimate of drug-likeness (QED) is 0.382. The zero-order chi connectivity index (χ0) is 24.2. The minimum absolute atomic E-state index is 0.00146. The van der Waals surface area contributed by atoms with E-state index in [9.17, 15) is 29.4 Å². The van der Waals surface area contributed by atoms with Gasteiger partial charge in [-0.25, -0.2) is 0 Å². The lowest BCUT2D eigenvalue weighted by atomic mass is 9.47. The maximum Gasteiger partial charge on any atom is 0.303 e. The van der Waals surface area contributed by atoms with Gasteiger partial charge in [0.25, 0.3) is 0 Å². The molecular formula is C24H32O8. The number of aliphatic hydroxyl groups excluding tert-OH is 2. The molecule has 8 heteroatoms. The van der Waals surface area contributed by atoms with Gasteiger partial charge in [0.05, 0.1) is 18.3 Å². The van der Waals surface area contributed by atoms with Gasteiger partial charge in [0.1, 0.15) is 5.76 Å². The van der Waals surface area contributed by atoms with Gasteiger partial charge < -0.3 is 19.7 Å². The number of allylic oxidation sites excluding steroid dienone is 1. The molecule has 8 nitrogen and oxygen atoms in total. The summed E-state index contributed by atoms with van der Waals surface area (Å²) in [4.78, 5) is 49.8. The number of fused-ring (bicyclic) bond motifs is 2. The van der Waals surface area contributed by atoms with Crippen LogP contribution in [-0.2, 0) is 28.7 Å². The summed E-state index contributed by atoms with van der Waals surface area (Å²) in [7, 11) is 0. The van der Waals surface area contributed by atoms with E-state index in [4.69, 9.17) is 9.47 Å². The monoisotopic (exact) mass is 448 g/mol. The van der Waals surface area contributed by atoms with Crippen molar-refractivity contribution in [3.8, 4) is 0 Å². The molecule has 32 heavy (non-hydrogen) atoms. The van der Waals surface area contributed by atoms with Crippen LogP contribution in [0.2, 0.25) is 0 Å². The van der Waals surface area contributed by atoms with Crippen LogP contribution in [0.15, 0.2) is 22.5 Å². The van der Waals surface area contributed by atoms with E-state index in [1.165, 1.54) is 13.8 Å². The van der Waals surface area contributed by atoms with Gasteiger partial charge in [0, 0.05) is 42.2 Å². The van der Waals surface area contributed by atoms with Crippen molar-refractivity contribution in [2.24, 2.45) is 22.7 Å². The Morgan fingerprint density at radius 2 is 1.72 bits per heavy atom. The SMILES string of the molecule is CC(=O)OCC(C)C1=C(O)C2=C(C(=O)C1=O)[C@@]1(C)CCCC(C)(C)[C@@H]1[C@H](O)[C@H]2OC(C)=O. The first-order valence-electron chi connectivity index (χ1n) is 11.0. The molecule has 3 aliphatic rings. The van der Waals surface area contributed by atoms with Gasteiger partial charge in [-0.3, -0.25) is 19.2 Å². The second kappa shape index (κ2) is 8.14. The summed E-state index contributed by atoms with van der Waals surface area (Å²) in [5, 5.41) is 22.6. The summed E-state index contributed by atoms with van der Waals surface area (Å²) in [6, 6.07) is 0. The first kappa shape index (κ1) is 24.2. The van der Waals surface area contributed by atoms with E-state index in [0.717, 1.165) is 12.8 Å². The lowest BCUT2D eigenvalue weighted by molar-refractivity contribution is -0.166. The number of carbonyl (C=O) groups excluding carboxylic acids is 4. The van der Waals surface area contributed by atoms with Crippen molar-refractivity contribution >= 4 is 23.5 Å². The third-order valence-corrected chi connectivity index (χ3v) is 7.33. The van der Waals surface area contributed by atoms with Crippen LogP contribution >= 0.6 is 0 Å². The van der Waals surface area contributed by atoms with Crippen LogP contribution in [0, 0.1) is 22.7 Å². The summed E-state index contributed by atoms with van der Waals surface area (Å²) >= 11 is 0. The molecule has 0 aromatic rings. The van der Waals surface area contributed by atoms with Gasteiger partial charge in [-0.15, -0.1) is 0 Å². The predicted molar refractivity (Wildman–Crippen MR) is 113 cm³/mol. The van der Waals surface area contributed by atoms with E-state index in [2.05, 4.69) is 0 Å². The van der Waals surface area contributed by atoms with Crippen molar-refractivity contribution in [3.63, 3.8) is 0 Å². The van der Waals surface area contributed by atoms with Gasteiger partial charge in [0.2, 0.25) is 11.6 Å². The minimum atomic E-state index is -1.29. The number of hydrogen-bond acceptors (Lipinski definition) is 8. The molecule has 0 spiro atoms. The zero-order valence-corrected chi connectivity index (χ0v) is 19.5. The van der Waals surface area contributed by atoms with E-state index in [1.807, 2.05) is 20.8 Å². The second-order valence-electron chi connectivity index (χ2n) is 10.2. The van der Waals surface area contributed by atoms with Crippen molar-refractivity contribution in [2.75, 3.05) is 6.61 Å². The largest absolute Gasteiger partial charge is 0.507 e. The zero-order valence-electron chi connectivity index (χ0n) is 19.5. The molecule has 0 aliphatic heterocycles. The highest BCUT2D eigenvalue weighted by Gasteiger charge is 2.62. The number of Topliss-reactive ketones (excluding diaryl/α,β-unsaturated/α-hetero) is 2. The molecule has 0 aromatic carbocycles. The van der Waals surface area contributed by atoms with Crippen LogP contribution in [0.3, 0.4) is 0 Å². The number of ether oxygens (including phenoxy) is 2. The fraction of sp³-hybridized carbons (Fsp3) is 0.667. The Morgan fingerprint density at radius 3 is 2.28 bits per heavy atom. The molecule has 0 heterocycles. The van der Waals surface area contributed by atoms with Gasteiger partial charge in [-0.1, -0.05) is 34.1 Å². The number of ketones is 2. The van der Waals surface area contributed by atoms with Gasteiger partial charge >= 0.3 is 11.9 Å². The Morgan fingerprint density at radius 1 is 1.09 bits per heavy atom. The van der Waals surface area contributed by atoms with Crippen molar-refractivity contribution in [2.45, 2.75) is 73.0 Å². The summed E-state index contributed by atoms with van der Waals surface area (Å²) < 4.78 is 10.4. The Balaban J connectivity index is 2.26. The molecule has 1 unspecified atom stereocenters. The Bertz CT molecular complexity index is 940. The highest BCUT2D eigenvalue weighted by Crippen LogP contribution is 2.61. The summed E-state index contributed by atoms with van der Waals surface area (Å²) in [5.41, 5.74) is -1.35. The molecule has 3 rings (SSSR count). The molecule has 5 atom stereocenters. The molecule has 2 N–H and O–H groups in total. The van der Waals surface area contributed by atoms with E-state index in [-0.39, 0.29) is 23.3 Å². The van der Waals surface area contributed by atoms with Crippen LogP contribution in [-0.4, -0.2) is 52.5 Å². The fourth-order valence-corrected chi connectivity index (χ4v) is 6.21. The van der Waals surface area contributed by atoms with Gasteiger partial charge in [-0.2, -0.15) is 0 Å². The standard InChI is InChI=1S/C24H32O8/c1-11(10-31-12(2)25)14-17(27)15-16(19(29)18(14)28)24(6)9-7-8-23(4,5)22(24)20(30)21(15)32-13(3)26/h11,20-22,27,30H,7-10H2,1-6H3/t11?,20-,21+,22+,24-/m1/s1. The molecule has 176 valence electrons. The highest BCUT2D eigenvalue weighted by molar-refractivity contribution is 6.50. The fourth-order valence-electron chi connectivity index (χ4n) is 6.21. The number of esters is 2. The Kier molecular flexibility index (Phi) is 6.15. The average Bonchev–Trinajstić information content (AvgIpc) is 2.65. The number of hydrogen-bond donors (Lipinski definition) is 2. The van der Waals surface area contributed by atoms with Crippen LogP contribution < -0.4 is 0 Å². The molecule has 0 amide bonds. The maximum absolute atomic E-state index is 13.5. The lowest BCUT2D eigenvalue weighted by Crippen LogP contribution is -2.60. The van der Waals surface area contributed by atoms with Crippen molar-refractivity contribution in [1.82, 2.24) is 0 Å². The van der Waals surface area contributed by atoms with Gasteiger partial charge in [-0.05, 0) is 18.3 Å². The number of rotatable bonds is 4. The molecule has 0 bridgehead atoms. The predicted octanol–water partition coefficient (Wildman–Crippen LogP) is 2.58. The summed E-state index contributed by atoms with van der Waals surface area (Å²) in [6.07, 6.45) is -0.330. The van der Waals surface area contributed by atoms with Crippen molar-refractivity contribution in [3.05, 3.63) is 22.5 Å². The molecule has 1 saturated carbocycles. The third kappa shape index (κ3) is 3.68. The van der Waals surface area contributed by atoms with Crippen LogP contribution in [0.5, 0.6) is 0 Å². The first-order valence-corrected chi connectivity index (χ1v) is 11.0. The number of aliphatic hydroxyl groups is 2. The molecule has 0 saturated heterocycles. The Hall–Kier alpha value is -2.48. The van der Waals surface area contributed by atoms with E-state index in [0.29, 0.717) is 6.42 Å². The smallest absolute Gasteiger partial charge is 0.303 e. The molecule has 3 aliphatic carbocycles. The van der Waals surface area contributed by atoms with Crippen LogP contribution in [0.1, 0.15) is 60.8 Å². The first-order chi connectivity index (χ1) is 14.7. The topological polar surface area (TPSA) is 127 Å². The van der Waals surface area contributed by atoms with E-state index < -0.39 is 64.1 Å². The maximum atomic E-state index is 13.5. The molecule has 0 radical (unpaired) electrons. The normalized spacial score (nSPS) is 32.8. The molecule has 1 fully saturated rings. The van der Waals surface area contributed by atoms with Crippen LogP contribution in [0.4, 0.5) is 0 Å². The van der Waals surface area contributed by atoms with Gasteiger partial charge in [0.15, 0.2) is 6.10 Å². The molecular weight excluding hydrogens is 416 g/mol.